The normalized spacial score (nSPS) is 26.6. The van der Waals surface area contributed by atoms with Crippen LogP contribution in [-0.4, -0.2) is 15.8 Å². The lowest BCUT2D eigenvalue weighted by molar-refractivity contribution is 0.259. The van der Waals surface area contributed by atoms with Crippen LogP contribution in [0.2, 0.25) is 0 Å². The zero-order chi connectivity index (χ0) is 14.6. The summed E-state index contributed by atoms with van der Waals surface area (Å²) in [7, 11) is 0. The summed E-state index contributed by atoms with van der Waals surface area (Å²) in [6.45, 7) is 3.16. The second kappa shape index (κ2) is 4.25. The Bertz CT molecular complexity index is 725. The van der Waals surface area contributed by atoms with Gasteiger partial charge in [-0.1, -0.05) is 24.3 Å². The number of fused-ring (bicyclic) bond motifs is 5. The Morgan fingerprint density at radius 3 is 2.67 bits per heavy atom. The molecule has 0 unspecified atom stereocenters. The molecule has 2 aliphatic rings. The number of aromatic hydroxyl groups is 2. The topological polar surface area (TPSA) is 52.5 Å². The summed E-state index contributed by atoms with van der Waals surface area (Å²) < 4.78 is 0. The van der Waals surface area contributed by atoms with E-state index in [4.69, 9.17) is 0 Å². The van der Waals surface area contributed by atoms with Crippen molar-refractivity contribution in [2.24, 2.45) is 0 Å². The van der Waals surface area contributed by atoms with E-state index in [1.165, 1.54) is 11.1 Å². The Morgan fingerprint density at radius 2 is 1.81 bits per heavy atom. The third-order valence-electron chi connectivity index (χ3n) is 5.15. The number of nitrogens with one attached hydrogen (secondary N) is 1. The molecule has 0 aromatic heterocycles. The molecule has 2 atom stereocenters. The predicted molar refractivity (Wildman–Crippen MR) is 81.6 cm³/mol. The second-order valence-electron chi connectivity index (χ2n) is 6.44. The quantitative estimate of drug-likeness (QED) is 0.651. The Labute approximate surface area is 124 Å². The first-order valence-electron chi connectivity index (χ1n) is 7.46. The van der Waals surface area contributed by atoms with Gasteiger partial charge in [-0.05, 0) is 54.2 Å². The third kappa shape index (κ3) is 1.77. The number of phenols is 2. The molecule has 1 aliphatic carbocycles. The lowest BCUT2D eigenvalue weighted by Gasteiger charge is -2.47. The molecule has 3 nitrogen and oxygen atoms in total. The van der Waals surface area contributed by atoms with Gasteiger partial charge in [0, 0.05) is 18.0 Å². The Hall–Kier alpha value is -2.00. The fourth-order valence-electron chi connectivity index (χ4n) is 3.98. The van der Waals surface area contributed by atoms with Crippen LogP contribution in [0.25, 0.3) is 0 Å². The van der Waals surface area contributed by atoms with E-state index in [-0.39, 0.29) is 23.0 Å². The van der Waals surface area contributed by atoms with E-state index >= 15 is 0 Å². The highest BCUT2D eigenvalue weighted by atomic mass is 16.3. The summed E-state index contributed by atoms with van der Waals surface area (Å²) in [6.07, 6.45) is 1.95. The van der Waals surface area contributed by atoms with Gasteiger partial charge in [0.2, 0.25) is 0 Å². The number of hydrogen-bond donors (Lipinski definition) is 3. The van der Waals surface area contributed by atoms with Crippen molar-refractivity contribution in [3.8, 4) is 11.5 Å². The van der Waals surface area contributed by atoms with Crippen LogP contribution in [0.3, 0.4) is 0 Å². The van der Waals surface area contributed by atoms with Crippen LogP contribution in [-0.2, 0) is 13.0 Å². The highest BCUT2D eigenvalue weighted by Gasteiger charge is 2.43. The molecular formula is C18H19NO2. The average Bonchev–Trinajstić information content (AvgIpc) is 2.48. The third-order valence-corrected chi connectivity index (χ3v) is 5.15. The van der Waals surface area contributed by atoms with Crippen molar-refractivity contribution in [1.82, 2.24) is 5.32 Å². The number of phenolic OH excluding ortho intramolecular Hbond substituents is 2. The summed E-state index contributed by atoms with van der Waals surface area (Å²) in [6, 6.07) is 12.0. The first-order valence-corrected chi connectivity index (χ1v) is 7.46. The highest BCUT2D eigenvalue weighted by Crippen LogP contribution is 2.48. The minimum atomic E-state index is -0.0268. The molecule has 0 radical (unpaired) electrons. The smallest absolute Gasteiger partial charge is 0.157 e. The summed E-state index contributed by atoms with van der Waals surface area (Å²) in [5.41, 5.74) is 4.94. The van der Waals surface area contributed by atoms with Gasteiger partial charge in [-0.3, -0.25) is 0 Å². The molecule has 0 saturated carbocycles. The van der Waals surface area contributed by atoms with Gasteiger partial charge in [0.1, 0.15) is 0 Å². The van der Waals surface area contributed by atoms with Crippen molar-refractivity contribution in [3.05, 3.63) is 58.7 Å². The molecule has 2 aromatic rings. The fraction of sp³-hybridized carbons (Fsp3) is 0.333. The van der Waals surface area contributed by atoms with Crippen molar-refractivity contribution < 1.29 is 10.2 Å². The van der Waals surface area contributed by atoms with Crippen LogP contribution in [0, 0.1) is 0 Å². The highest BCUT2D eigenvalue weighted by molar-refractivity contribution is 5.54. The van der Waals surface area contributed by atoms with Crippen LogP contribution >= 0.6 is 0 Å². The van der Waals surface area contributed by atoms with Gasteiger partial charge in [0.25, 0.3) is 0 Å². The second-order valence-corrected chi connectivity index (χ2v) is 6.44. The molecule has 108 valence electrons. The minimum Gasteiger partial charge on any atom is -0.504 e. The van der Waals surface area contributed by atoms with E-state index < -0.39 is 0 Å². The molecule has 0 amide bonds. The van der Waals surface area contributed by atoms with E-state index in [9.17, 15) is 10.2 Å². The van der Waals surface area contributed by atoms with Crippen LogP contribution in [0.4, 0.5) is 0 Å². The summed E-state index contributed by atoms with van der Waals surface area (Å²) in [4.78, 5) is 0. The predicted octanol–water partition coefficient (Wildman–Crippen LogP) is 3.04. The van der Waals surface area contributed by atoms with Gasteiger partial charge < -0.3 is 15.5 Å². The standard InChI is InChI=1S/C18H19NO2/c1-18-7-6-11-8-15(20)16(21)9-14(11)17(18)13-5-3-2-4-12(13)10-19-18/h2-5,8-9,17,19-21H,6-7,10H2,1H3/t17-,18-/m1/s1. The SMILES string of the molecule is C[C@@]12CCc3cc(O)c(O)cc3[C@H]1c1ccccc1CN2. The first-order chi connectivity index (χ1) is 10.1. The van der Waals surface area contributed by atoms with Gasteiger partial charge in [-0.2, -0.15) is 0 Å². The largest absolute Gasteiger partial charge is 0.504 e. The summed E-state index contributed by atoms with van der Waals surface area (Å²) >= 11 is 0. The molecule has 1 heterocycles. The maximum absolute atomic E-state index is 9.93. The van der Waals surface area contributed by atoms with Crippen LogP contribution in [0.1, 0.15) is 41.5 Å². The summed E-state index contributed by atoms with van der Waals surface area (Å²) in [5, 5.41) is 23.4. The summed E-state index contributed by atoms with van der Waals surface area (Å²) in [5.74, 6) is 0.174. The minimum absolute atomic E-state index is 0.00473. The number of rotatable bonds is 0. The monoisotopic (exact) mass is 281 g/mol. The Balaban J connectivity index is 1.96. The van der Waals surface area contributed by atoms with Crippen molar-refractivity contribution in [2.45, 2.75) is 37.8 Å². The maximum atomic E-state index is 9.93. The lowest BCUT2D eigenvalue weighted by atomic mass is 9.65. The van der Waals surface area contributed by atoms with Gasteiger partial charge in [0.05, 0.1) is 0 Å². The Morgan fingerprint density at radius 1 is 1.05 bits per heavy atom. The van der Waals surface area contributed by atoms with Crippen LogP contribution < -0.4 is 5.32 Å². The zero-order valence-electron chi connectivity index (χ0n) is 12.1. The Kier molecular flexibility index (Phi) is 2.57. The molecular weight excluding hydrogens is 262 g/mol. The molecule has 21 heavy (non-hydrogen) atoms. The van der Waals surface area contributed by atoms with E-state index in [1.54, 1.807) is 12.1 Å². The molecule has 2 aromatic carbocycles. The van der Waals surface area contributed by atoms with Crippen LogP contribution in [0.5, 0.6) is 11.5 Å². The van der Waals surface area contributed by atoms with Crippen molar-refractivity contribution in [2.75, 3.05) is 0 Å². The lowest BCUT2D eigenvalue weighted by Crippen LogP contribution is -2.53. The van der Waals surface area contributed by atoms with Gasteiger partial charge in [0.15, 0.2) is 11.5 Å². The molecule has 0 spiro atoms. The number of aryl methyl sites for hydroxylation is 1. The van der Waals surface area contributed by atoms with Gasteiger partial charge in [-0.25, -0.2) is 0 Å². The molecule has 0 saturated heterocycles. The van der Waals surface area contributed by atoms with Crippen molar-refractivity contribution in [1.29, 1.82) is 0 Å². The van der Waals surface area contributed by atoms with E-state index in [0.29, 0.717) is 0 Å². The van der Waals surface area contributed by atoms with Crippen LogP contribution in [0.15, 0.2) is 36.4 Å². The van der Waals surface area contributed by atoms with E-state index in [2.05, 4.69) is 36.5 Å². The van der Waals surface area contributed by atoms with Crippen molar-refractivity contribution >= 4 is 0 Å². The molecule has 0 bridgehead atoms. The number of benzene rings is 2. The number of hydrogen-bond acceptors (Lipinski definition) is 3. The maximum Gasteiger partial charge on any atom is 0.157 e. The fourth-order valence-corrected chi connectivity index (χ4v) is 3.98. The molecule has 1 aliphatic heterocycles. The first kappa shape index (κ1) is 12.7. The molecule has 3 heteroatoms. The molecule has 3 N–H and O–H groups in total. The van der Waals surface area contributed by atoms with E-state index in [0.717, 1.165) is 30.5 Å². The molecule has 4 rings (SSSR count). The molecule has 0 fully saturated rings. The van der Waals surface area contributed by atoms with Crippen molar-refractivity contribution in [3.63, 3.8) is 0 Å². The van der Waals surface area contributed by atoms with E-state index in [1.807, 2.05) is 0 Å². The van der Waals surface area contributed by atoms with Gasteiger partial charge in [-0.15, -0.1) is 0 Å². The van der Waals surface area contributed by atoms with Gasteiger partial charge >= 0.3 is 0 Å². The average molecular weight is 281 g/mol. The zero-order valence-corrected chi connectivity index (χ0v) is 12.1.